The molecule has 1 saturated heterocycles. The molecule has 1 heterocycles. The minimum atomic E-state index is -4.30. The first-order valence-electron chi connectivity index (χ1n) is 13.0. The fourth-order valence-electron chi connectivity index (χ4n) is 3.94. The highest BCUT2D eigenvalue weighted by molar-refractivity contribution is 7.87. The summed E-state index contributed by atoms with van der Waals surface area (Å²) in [7, 11) is -4.30. The van der Waals surface area contributed by atoms with Gasteiger partial charge in [-0.05, 0) is 69.9 Å². The first kappa shape index (κ1) is 29.4. The lowest BCUT2D eigenvalue weighted by Gasteiger charge is -2.30. The average molecular weight is 547 g/mol. The molecule has 1 fully saturated rings. The maximum absolute atomic E-state index is 13.0. The van der Waals surface area contributed by atoms with E-state index in [1.54, 1.807) is 23.1 Å². The van der Waals surface area contributed by atoms with Crippen LogP contribution in [0.25, 0.3) is 0 Å². The number of carbonyl (C=O) groups excluding carboxylic acids is 2. The summed E-state index contributed by atoms with van der Waals surface area (Å²) >= 11 is 0. The zero-order chi connectivity index (χ0) is 27.8. The first-order chi connectivity index (χ1) is 18.0. The van der Waals surface area contributed by atoms with Crippen LogP contribution in [0.15, 0.2) is 53.4 Å². The first-order valence-corrected chi connectivity index (χ1v) is 14.4. The quantitative estimate of drug-likeness (QED) is 0.242. The van der Waals surface area contributed by atoms with Gasteiger partial charge < -0.3 is 23.9 Å². The summed E-state index contributed by atoms with van der Waals surface area (Å²) in [5.74, 6) is -0.621. The monoisotopic (exact) mass is 546 g/mol. The van der Waals surface area contributed by atoms with E-state index in [0.29, 0.717) is 26.1 Å². The number of carbonyl (C=O) groups is 2. The Labute approximate surface area is 225 Å². The topological polar surface area (TPSA) is 111 Å². The zero-order valence-electron chi connectivity index (χ0n) is 22.6. The molecule has 3 rings (SSSR count). The third-order valence-electron chi connectivity index (χ3n) is 5.83. The van der Waals surface area contributed by atoms with Crippen LogP contribution < -0.4 is 9.50 Å². The number of esters is 1. The zero-order valence-corrected chi connectivity index (χ0v) is 23.4. The Bertz CT molecular complexity index is 1180. The van der Waals surface area contributed by atoms with E-state index >= 15 is 0 Å². The van der Waals surface area contributed by atoms with Gasteiger partial charge in [-0.3, -0.25) is 0 Å². The molecule has 1 atom stereocenters. The van der Waals surface area contributed by atoms with Crippen molar-refractivity contribution in [2.75, 3.05) is 19.8 Å². The number of ether oxygens (including phenoxy) is 2. The number of nitrogens with zero attached hydrogens (tertiary/aromatic N) is 1. The van der Waals surface area contributed by atoms with E-state index in [0.717, 1.165) is 24.8 Å². The molecule has 0 spiro atoms. The minimum absolute atomic E-state index is 0.0119. The van der Waals surface area contributed by atoms with Gasteiger partial charge in [-0.1, -0.05) is 37.6 Å². The number of nitrogens with one attached hydrogen (secondary N) is 1. The Morgan fingerprint density at radius 3 is 2.45 bits per heavy atom. The normalized spacial score (nSPS) is 15.6. The van der Waals surface area contributed by atoms with Crippen molar-refractivity contribution in [2.45, 2.75) is 76.5 Å². The molecule has 0 bridgehead atoms. The molecule has 0 radical (unpaired) electrons. The molecule has 1 N–H and O–H groups in total. The standard InChI is InChI=1S/C28H38N2O7S/c1-5-6-17-36-26(31)24-11-7-8-12-25(24)38(33,34)37-22-15-13-21(14-16-22)19-30(20-23-10-9-18-35-23)27(32)29-28(2,3)4/h7-8,11-16,23H,5-6,9-10,17-20H2,1-4H3,(H,29,32). The molecular weight excluding hydrogens is 508 g/mol. The summed E-state index contributed by atoms with van der Waals surface area (Å²) in [6, 6.07) is 12.1. The summed E-state index contributed by atoms with van der Waals surface area (Å²) in [4.78, 5) is 26.9. The van der Waals surface area contributed by atoms with Crippen molar-refractivity contribution >= 4 is 22.1 Å². The molecule has 10 heteroatoms. The molecule has 1 unspecified atom stereocenters. The fourth-order valence-corrected chi connectivity index (χ4v) is 5.06. The van der Waals surface area contributed by atoms with Crippen molar-refractivity contribution in [3.8, 4) is 5.75 Å². The lowest BCUT2D eigenvalue weighted by molar-refractivity contribution is 0.0495. The maximum atomic E-state index is 13.0. The van der Waals surface area contributed by atoms with Gasteiger partial charge >= 0.3 is 22.1 Å². The molecule has 0 saturated carbocycles. The van der Waals surface area contributed by atoms with Crippen molar-refractivity contribution in [1.29, 1.82) is 0 Å². The van der Waals surface area contributed by atoms with Crippen molar-refractivity contribution < 1.29 is 31.7 Å². The van der Waals surface area contributed by atoms with E-state index in [2.05, 4.69) is 5.32 Å². The van der Waals surface area contributed by atoms with Gasteiger partial charge in [-0.25, -0.2) is 9.59 Å². The third kappa shape index (κ3) is 8.73. The lowest BCUT2D eigenvalue weighted by Crippen LogP contribution is -2.50. The highest BCUT2D eigenvalue weighted by atomic mass is 32.2. The Morgan fingerprint density at radius 2 is 1.82 bits per heavy atom. The predicted molar refractivity (Wildman–Crippen MR) is 144 cm³/mol. The van der Waals surface area contributed by atoms with Crippen LogP contribution in [0.2, 0.25) is 0 Å². The van der Waals surface area contributed by atoms with Gasteiger partial charge in [0, 0.05) is 25.2 Å². The van der Waals surface area contributed by atoms with Crippen LogP contribution in [0.3, 0.4) is 0 Å². The summed E-state index contributed by atoms with van der Waals surface area (Å²) in [6.45, 7) is 9.41. The molecule has 208 valence electrons. The molecule has 2 aromatic carbocycles. The van der Waals surface area contributed by atoms with E-state index in [-0.39, 0.29) is 35.0 Å². The molecule has 2 aromatic rings. The Kier molecular flexibility index (Phi) is 10.2. The number of hydrogen-bond acceptors (Lipinski definition) is 7. The van der Waals surface area contributed by atoms with E-state index in [1.807, 2.05) is 27.7 Å². The summed E-state index contributed by atoms with van der Waals surface area (Å²) in [5.41, 5.74) is 0.336. The van der Waals surface area contributed by atoms with Gasteiger partial charge in [-0.2, -0.15) is 8.42 Å². The molecule has 38 heavy (non-hydrogen) atoms. The lowest BCUT2D eigenvalue weighted by atomic mass is 10.1. The Balaban J connectivity index is 1.72. The van der Waals surface area contributed by atoms with Crippen molar-refractivity contribution in [2.24, 2.45) is 0 Å². The van der Waals surface area contributed by atoms with E-state index in [9.17, 15) is 18.0 Å². The smallest absolute Gasteiger partial charge is 0.340 e. The molecule has 9 nitrogen and oxygen atoms in total. The third-order valence-corrected chi connectivity index (χ3v) is 7.13. The molecule has 0 aliphatic carbocycles. The van der Waals surface area contributed by atoms with Crippen LogP contribution >= 0.6 is 0 Å². The summed E-state index contributed by atoms with van der Waals surface area (Å²) < 4.78 is 42.3. The second-order valence-electron chi connectivity index (χ2n) is 10.4. The molecule has 1 aliphatic rings. The minimum Gasteiger partial charge on any atom is -0.462 e. The highest BCUT2D eigenvalue weighted by Gasteiger charge is 2.27. The van der Waals surface area contributed by atoms with Crippen LogP contribution in [0.4, 0.5) is 4.79 Å². The second-order valence-corrected chi connectivity index (χ2v) is 11.9. The van der Waals surface area contributed by atoms with Gasteiger partial charge in [-0.15, -0.1) is 0 Å². The number of unbranched alkanes of at least 4 members (excludes halogenated alkanes) is 1. The Morgan fingerprint density at radius 1 is 1.11 bits per heavy atom. The number of urea groups is 1. The number of benzene rings is 2. The van der Waals surface area contributed by atoms with Gasteiger partial charge in [0.05, 0.1) is 18.3 Å². The van der Waals surface area contributed by atoms with Crippen LogP contribution in [0, 0.1) is 0 Å². The van der Waals surface area contributed by atoms with Crippen molar-refractivity contribution in [1.82, 2.24) is 10.2 Å². The summed E-state index contributed by atoms with van der Waals surface area (Å²) in [5, 5.41) is 2.99. The van der Waals surface area contributed by atoms with Crippen LogP contribution in [0.5, 0.6) is 5.75 Å². The van der Waals surface area contributed by atoms with E-state index < -0.39 is 21.6 Å². The van der Waals surface area contributed by atoms with Gasteiger partial charge in [0.25, 0.3) is 0 Å². The summed E-state index contributed by atoms with van der Waals surface area (Å²) in [6.07, 6.45) is 3.39. The van der Waals surface area contributed by atoms with Gasteiger partial charge in [0.2, 0.25) is 0 Å². The van der Waals surface area contributed by atoms with E-state index in [1.165, 1.54) is 30.3 Å². The van der Waals surface area contributed by atoms with Crippen molar-refractivity contribution in [3.05, 3.63) is 59.7 Å². The van der Waals surface area contributed by atoms with Crippen LogP contribution in [0.1, 0.15) is 69.3 Å². The average Bonchev–Trinajstić information content (AvgIpc) is 3.37. The molecule has 2 amide bonds. The predicted octanol–water partition coefficient (Wildman–Crippen LogP) is 4.90. The molecule has 1 aliphatic heterocycles. The van der Waals surface area contributed by atoms with Gasteiger partial charge in [0.15, 0.2) is 0 Å². The molecular formula is C28H38N2O7S. The molecule has 0 aromatic heterocycles. The number of amides is 2. The van der Waals surface area contributed by atoms with Crippen molar-refractivity contribution in [3.63, 3.8) is 0 Å². The van der Waals surface area contributed by atoms with Crippen LogP contribution in [-0.4, -0.2) is 56.7 Å². The fraction of sp³-hybridized carbons (Fsp3) is 0.500. The van der Waals surface area contributed by atoms with E-state index in [4.69, 9.17) is 13.7 Å². The number of rotatable bonds is 11. The second kappa shape index (κ2) is 13.1. The SMILES string of the molecule is CCCCOC(=O)c1ccccc1S(=O)(=O)Oc1ccc(CN(CC2CCCO2)C(=O)NC(C)(C)C)cc1. The highest BCUT2D eigenvalue weighted by Crippen LogP contribution is 2.24. The largest absolute Gasteiger partial charge is 0.462 e. The van der Waals surface area contributed by atoms with Crippen LogP contribution in [-0.2, 0) is 26.1 Å². The maximum Gasteiger partial charge on any atom is 0.340 e. The Hall–Kier alpha value is -3.11. The number of hydrogen-bond donors (Lipinski definition) is 1. The van der Waals surface area contributed by atoms with Gasteiger partial charge in [0.1, 0.15) is 10.6 Å².